The van der Waals surface area contributed by atoms with Gasteiger partial charge in [-0.1, -0.05) is 78.0 Å². The second-order valence-electron chi connectivity index (χ2n) is 10.4. The van der Waals surface area contributed by atoms with E-state index in [9.17, 15) is 0 Å². The average Bonchev–Trinajstić information content (AvgIpc) is 3.70. The van der Waals surface area contributed by atoms with Gasteiger partial charge in [-0.25, -0.2) is 0 Å². The summed E-state index contributed by atoms with van der Waals surface area (Å²) < 4.78 is 7.87. The van der Waals surface area contributed by atoms with Crippen molar-refractivity contribution < 1.29 is 4.52 Å². The molecule has 5 nitrogen and oxygen atoms in total. The number of aromatic nitrogens is 3. The van der Waals surface area contributed by atoms with Crippen molar-refractivity contribution in [3.05, 3.63) is 158 Å². The maximum absolute atomic E-state index is 5.55. The molecule has 43 heavy (non-hydrogen) atoms. The molecule has 0 aliphatic heterocycles. The third-order valence-electron chi connectivity index (χ3n) is 7.77. The van der Waals surface area contributed by atoms with Crippen LogP contribution in [-0.2, 0) is 0 Å². The molecule has 6 aromatic carbocycles. The van der Waals surface area contributed by atoms with Crippen LogP contribution in [0.5, 0.6) is 0 Å². The molecule has 8 aromatic rings. The molecular formula is C38H26N4O. The molecule has 0 aliphatic rings. The average molecular weight is 555 g/mol. The number of nitrogens with zero attached hydrogens (tertiary/aromatic N) is 4. The fourth-order valence-electron chi connectivity index (χ4n) is 5.78. The van der Waals surface area contributed by atoms with Crippen LogP contribution in [0.3, 0.4) is 0 Å². The van der Waals surface area contributed by atoms with Crippen molar-refractivity contribution in [1.82, 2.24) is 14.7 Å². The van der Waals surface area contributed by atoms with E-state index in [4.69, 9.17) is 4.52 Å². The zero-order valence-corrected chi connectivity index (χ0v) is 23.2. The van der Waals surface area contributed by atoms with Crippen molar-refractivity contribution >= 4 is 38.9 Å². The zero-order chi connectivity index (χ0) is 28.6. The minimum absolute atomic E-state index is 0.512. The molecule has 0 bridgehead atoms. The monoisotopic (exact) mass is 554 g/mol. The van der Waals surface area contributed by atoms with Crippen LogP contribution in [0.1, 0.15) is 0 Å². The number of benzene rings is 6. The molecule has 0 atom stereocenters. The lowest BCUT2D eigenvalue weighted by Gasteiger charge is -2.25. The highest BCUT2D eigenvalue weighted by atomic mass is 16.5. The zero-order valence-electron chi connectivity index (χ0n) is 23.2. The van der Waals surface area contributed by atoms with E-state index in [1.807, 2.05) is 30.3 Å². The summed E-state index contributed by atoms with van der Waals surface area (Å²) in [5, 5.41) is 6.63. The first kappa shape index (κ1) is 24.8. The first-order valence-corrected chi connectivity index (χ1v) is 14.3. The summed E-state index contributed by atoms with van der Waals surface area (Å²) in [5.41, 5.74) is 8.50. The minimum atomic E-state index is 0.512. The second kappa shape index (κ2) is 10.5. The molecule has 0 saturated carbocycles. The van der Waals surface area contributed by atoms with Crippen LogP contribution in [0, 0.1) is 0 Å². The molecule has 8 rings (SSSR count). The van der Waals surface area contributed by atoms with Crippen molar-refractivity contribution in [2.75, 3.05) is 4.90 Å². The van der Waals surface area contributed by atoms with Crippen LogP contribution in [-0.4, -0.2) is 14.7 Å². The summed E-state index contributed by atoms with van der Waals surface area (Å²) in [5.74, 6) is 1.08. The fraction of sp³-hybridized carbons (Fsp3) is 0. The lowest BCUT2D eigenvalue weighted by Crippen LogP contribution is -2.09. The molecule has 2 heterocycles. The number of para-hydroxylation sites is 3. The Morgan fingerprint density at radius 2 is 1.09 bits per heavy atom. The topological polar surface area (TPSA) is 47.1 Å². The Labute approximate surface area is 248 Å². The highest BCUT2D eigenvalue weighted by molar-refractivity contribution is 6.10. The third kappa shape index (κ3) is 4.44. The summed E-state index contributed by atoms with van der Waals surface area (Å²) in [6.45, 7) is 0. The molecule has 0 spiro atoms. The van der Waals surface area contributed by atoms with Crippen molar-refractivity contribution in [3.8, 4) is 28.5 Å². The summed E-state index contributed by atoms with van der Waals surface area (Å²) in [4.78, 5) is 6.93. The predicted molar refractivity (Wildman–Crippen MR) is 174 cm³/mol. The van der Waals surface area contributed by atoms with Gasteiger partial charge >= 0.3 is 0 Å². The number of hydrogen-bond acceptors (Lipinski definition) is 4. The maximum Gasteiger partial charge on any atom is 0.258 e. The highest BCUT2D eigenvalue weighted by Crippen LogP contribution is 2.39. The number of anilines is 3. The molecular weight excluding hydrogens is 528 g/mol. The number of hydrogen-bond donors (Lipinski definition) is 0. The smallest absolute Gasteiger partial charge is 0.258 e. The van der Waals surface area contributed by atoms with Gasteiger partial charge in [0.05, 0.1) is 11.0 Å². The highest BCUT2D eigenvalue weighted by Gasteiger charge is 2.17. The minimum Gasteiger partial charge on any atom is -0.334 e. The van der Waals surface area contributed by atoms with Gasteiger partial charge in [-0.05, 0) is 84.9 Å². The first-order chi connectivity index (χ1) is 21.3. The second-order valence-corrected chi connectivity index (χ2v) is 10.4. The predicted octanol–water partition coefficient (Wildman–Crippen LogP) is 9.97. The molecule has 0 unspecified atom stereocenters. The van der Waals surface area contributed by atoms with Gasteiger partial charge in [0, 0.05) is 44.6 Å². The van der Waals surface area contributed by atoms with Gasteiger partial charge in [-0.15, -0.1) is 0 Å². The van der Waals surface area contributed by atoms with Crippen LogP contribution in [0.2, 0.25) is 0 Å². The van der Waals surface area contributed by atoms with E-state index in [1.165, 1.54) is 10.8 Å². The Morgan fingerprint density at radius 3 is 1.79 bits per heavy atom. The molecule has 0 aliphatic carbocycles. The first-order valence-electron chi connectivity index (χ1n) is 14.3. The van der Waals surface area contributed by atoms with Crippen LogP contribution >= 0.6 is 0 Å². The Kier molecular flexibility index (Phi) is 6.05. The van der Waals surface area contributed by atoms with Crippen molar-refractivity contribution in [3.63, 3.8) is 0 Å². The van der Waals surface area contributed by atoms with E-state index in [-0.39, 0.29) is 0 Å². The Morgan fingerprint density at radius 1 is 0.488 bits per heavy atom. The lowest BCUT2D eigenvalue weighted by atomic mass is 10.1. The molecule has 0 saturated heterocycles. The number of rotatable bonds is 6. The van der Waals surface area contributed by atoms with Gasteiger partial charge < -0.3 is 14.0 Å². The molecule has 204 valence electrons. The molecule has 5 heteroatoms. The summed E-state index contributed by atoms with van der Waals surface area (Å²) in [7, 11) is 0. The van der Waals surface area contributed by atoms with Crippen molar-refractivity contribution in [2.45, 2.75) is 0 Å². The van der Waals surface area contributed by atoms with Gasteiger partial charge in [-0.2, -0.15) is 4.98 Å². The summed E-state index contributed by atoms with van der Waals surface area (Å²) >= 11 is 0. The quantitative estimate of drug-likeness (QED) is 0.205. The largest absolute Gasteiger partial charge is 0.334 e. The van der Waals surface area contributed by atoms with Crippen molar-refractivity contribution in [1.29, 1.82) is 0 Å². The van der Waals surface area contributed by atoms with Crippen LogP contribution < -0.4 is 4.90 Å². The van der Waals surface area contributed by atoms with E-state index >= 15 is 0 Å². The molecule has 0 amide bonds. The van der Waals surface area contributed by atoms with E-state index in [2.05, 4.69) is 147 Å². The van der Waals surface area contributed by atoms with E-state index < -0.39 is 0 Å². The van der Waals surface area contributed by atoms with E-state index in [1.54, 1.807) is 0 Å². The van der Waals surface area contributed by atoms with E-state index in [0.29, 0.717) is 11.7 Å². The summed E-state index contributed by atoms with van der Waals surface area (Å²) in [6, 6.07) is 54.5. The standard InChI is InChI=1S/C38H26N4O/c1-4-12-28(13-5-1)38-39-37(40-43-38)27-20-22-31(23-21-27)42-35-19-11-10-18-33(35)34-26-32(24-25-36(34)42)41(29-14-6-2-7-15-29)30-16-8-3-9-17-30/h1-26H. The fourth-order valence-corrected chi connectivity index (χ4v) is 5.78. The molecule has 0 fully saturated rings. The van der Waals surface area contributed by atoms with Gasteiger partial charge in [0.2, 0.25) is 5.82 Å². The SMILES string of the molecule is c1ccc(-c2nc(-c3ccc(-n4c5ccccc5c5cc(N(c6ccccc6)c6ccccc6)ccc54)cc3)no2)cc1. The van der Waals surface area contributed by atoms with E-state index in [0.717, 1.165) is 44.9 Å². The number of fused-ring (bicyclic) bond motifs is 3. The molecule has 2 aromatic heterocycles. The van der Waals surface area contributed by atoms with Crippen LogP contribution in [0.25, 0.3) is 50.3 Å². The van der Waals surface area contributed by atoms with Gasteiger partial charge in [0.1, 0.15) is 0 Å². The van der Waals surface area contributed by atoms with Gasteiger partial charge in [0.25, 0.3) is 5.89 Å². The molecule has 0 radical (unpaired) electrons. The van der Waals surface area contributed by atoms with Gasteiger partial charge in [0.15, 0.2) is 0 Å². The Balaban J connectivity index is 1.22. The maximum atomic E-state index is 5.55. The van der Waals surface area contributed by atoms with Crippen LogP contribution in [0.4, 0.5) is 17.1 Å². The Bertz CT molecular complexity index is 2130. The van der Waals surface area contributed by atoms with Crippen molar-refractivity contribution in [2.24, 2.45) is 0 Å². The van der Waals surface area contributed by atoms with Gasteiger partial charge in [-0.3, -0.25) is 0 Å². The Hall–Kier alpha value is -5.94. The molecule has 0 N–H and O–H groups in total. The third-order valence-corrected chi connectivity index (χ3v) is 7.77. The normalized spacial score (nSPS) is 11.3. The lowest BCUT2D eigenvalue weighted by molar-refractivity contribution is 0.432. The summed E-state index contributed by atoms with van der Waals surface area (Å²) in [6.07, 6.45) is 0. The van der Waals surface area contributed by atoms with Crippen LogP contribution in [0.15, 0.2) is 162 Å².